The zero-order valence-electron chi connectivity index (χ0n) is 16.7. The van der Waals surface area contributed by atoms with Gasteiger partial charge in [0.05, 0.1) is 17.5 Å². The van der Waals surface area contributed by atoms with Crippen LogP contribution in [0.1, 0.15) is 12.5 Å². The van der Waals surface area contributed by atoms with Gasteiger partial charge in [-0.15, -0.1) is 0 Å². The number of fused-ring (bicyclic) bond motifs is 1. The third kappa shape index (κ3) is 4.87. The van der Waals surface area contributed by atoms with Crippen LogP contribution < -0.4 is 4.74 Å². The van der Waals surface area contributed by atoms with E-state index in [4.69, 9.17) is 4.74 Å². The van der Waals surface area contributed by atoms with E-state index >= 15 is 0 Å². The molecule has 2 aromatic carbocycles. The van der Waals surface area contributed by atoms with Crippen LogP contribution in [0.25, 0.3) is 0 Å². The summed E-state index contributed by atoms with van der Waals surface area (Å²) in [6, 6.07) is 19.0. The second-order valence-corrected chi connectivity index (χ2v) is 10.9. The number of benzene rings is 2. The van der Waals surface area contributed by atoms with Crippen LogP contribution in [0.3, 0.4) is 0 Å². The second-order valence-electron chi connectivity index (χ2n) is 7.54. The first-order chi connectivity index (χ1) is 14.4. The number of aliphatic imine (C=N–C) groups is 1. The summed E-state index contributed by atoms with van der Waals surface area (Å²) in [5, 5.41) is 0.520. The summed E-state index contributed by atoms with van der Waals surface area (Å²) in [5.41, 5.74) is 1.17. The number of hydrogen-bond acceptors (Lipinski definition) is 5. The van der Waals surface area contributed by atoms with Crippen molar-refractivity contribution in [2.24, 2.45) is 4.99 Å². The Morgan fingerprint density at radius 2 is 1.80 bits per heavy atom. The quantitative estimate of drug-likeness (QED) is 0.682. The molecule has 2 aromatic rings. The third-order valence-electron chi connectivity index (χ3n) is 5.27. The highest BCUT2D eigenvalue weighted by molar-refractivity contribution is 8.15. The Morgan fingerprint density at radius 1 is 1.13 bits per heavy atom. The molecule has 0 aliphatic carbocycles. The average molecular weight is 445 g/mol. The summed E-state index contributed by atoms with van der Waals surface area (Å²) in [4.78, 5) is 19.0. The Bertz CT molecular complexity index is 1030. The Labute approximate surface area is 181 Å². The standard InChI is InChI=1S/C22H24N2O4S2/c1-16(28-18-10-6-3-7-11-18)21(25)23-22-24(13-12-17-8-4-2-5-9-17)19-14-30(26,27)15-20(19)29-22/h2-11,16,19-20H,12-15H2,1H3/t16-,19+,20+/m1/s1. The van der Waals surface area contributed by atoms with Gasteiger partial charge in [0.2, 0.25) is 0 Å². The molecule has 30 heavy (non-hydrogen) atoms. The summed E-state index contributed by atoms with van der Waals surface area (Å²) < 4.78 is 30.0. The number of ether oxygens (including phenoxy) is 1. The van der Waals surface area contributed by atoms with Crippen LogP contribution in [-0.2, 0) is 21.1 Å². The summed E-state index contributed by atoms with van der Waals surface area (Å²) in [7, 11) is -3.06. The van der Waals surface area contributed by atoms with Crippen LogP contribution in [0.2, 0.25) is 0 Å². The maximum Gasteiger partial charge on any atom is 0.288 e. The van der Waals surface area contributed by atoms with E-state index in [1.165, 1.54) is 17.3 Å². The van der Waals surface area contributed by atoms with Gasteiger partial charge in [0, 0.05) is 11.8 Å². The number of amides is 1. The summed E-state index contributed by atoms with van der Waals surface area (Å²) in [5.74, 6) is 0.492. The fourth-order valence-corrected chi connectivity index (χ4v) is 7.71. The fraction of sp³-hybridized carbons (Fsp3) is 0.364. The lowest BCUT2D eigenvalue weighted by atomic mass is 10.1. The van der Waals surface area contributed by atoms with E-state index in [1.807, 2.05) is 53.4 Å². The van der Waals surface area contributed by atoms with Gasteiger partial charge in [-0.25, -0.2) is 8.42 Å². The molecule has 0 unspecified atom stereocenters. The van der Waals surface area contributed by atoms with Gasteiger partial charge in [0.25, 0.3) is 5.91 Å². The van der Waals surface area contributed by atoms with Crippen molar-refractivity contribution in [3.05, 3.63) is 66.2 Å². The predicted molar refractivity (Wildman–Crippen MR) is 120 cm³/mol. The first-order valence-electron chi connectivity index (χ1n) is 9.93. The van der Waals surface area contributed by atoms with Crippen molar-refractivity contribution >= 4 is 32.7 Å². The lowest BCUT2D eigenvalue weighted by Crippen LogP contribution is -2.39. The maximum atomic E-state index is 12.7. The number of rotatable bonds is 6. The van der Waals surface area contributed by atoms with Gasteiger partial charge in [-0.05, 0) is 31.0 Å². The van der Waals surface area contributed by atoms with Crippen molar-refractivity contribution in [1.29, 1.82) is 0 Å². The maximum absolute atomic E-state index is 12.7. The molecule has 0 saturated carbocycles. The number of amidine groups is 1. The van der Waals surface area contributed by atoms with Crippen LogP contribution in [0, 0.1) is 0 Å². The zero-order valence-corrected chi connectivity index (χ0v) is 18.3. The molecule has 0 spiro atoms. The Hall–Kier alpha value is -2.32. The van der Waals surface area contributed by atoms with Gasteiger partial charge in [-0.1, -0.05) is 60.3 Å². The molecule has 0 radical (unpaired) electrons. The number of hydrogen-bond donors (Lipinski definition) is 0. The van der Waals surface area contributed by atoms with E-state index < -0.39 is 15.9 Å². The van der Waals surface area contributed by atoms with Gasteiger partial charge in [-0.2, -0.15) is 4.99 Å². The zero-order chi connectivity index (χ0) is 21.1. The van der Waals surface area contributed by atoms with Crippen LogP contribution in [-0.4, -0.2) is 59.8 Å². The van der Waals surface area contributed by atoms with E-state index in [1.54, 1.807) is 19.1 Å². The molecule has 158 valence electrons. The Kier molecular flexibility index (Phi) is 6.15. The molecule has 3 atom stereocenters. The molecular formula is C22H24N2O4S2. The summed E-state index contributed by atoms with van der Waals surface area (Å²) >= 11 is 1.40. The highest BCUT2D eigenvalue weighted by atomic mass is 32.2. The van der Waals surface area contributed by atoms with Gasteiger partial charge < -0.3 is 9.64 Å². The van der Waals surface area contributed by atoms with E-state index in [0.29, 0.717) is 17.5 Å². The van der Waals surface area contributed by atoms with Crippen LogP contribution in [0.4, 0.5) is 0 Å². The number of sulfone groups is 1. The van der Waals surface area contributed by atoms with Crippen molar-refractivity contribution in [1.82, 2.24) is 4.90 Å². The number of nitrogens with zero attached hydrogens (tertiary/aromatic N) is 2. The normalized spacial score (nSPS) is 24.6. The summed E-state index contributed by atoms with van der Waals surface area (Å²) in [6.45, 7) is 2.30. The minimum absolute atomic E-state index is 0.0809. The number of thioether (sulfide) groups is 1. The van der Waals surface area contributed by atoms with Crippen molar-refractivity contribution in [2.45, 2.75) is 30.7 Å². The first-order valence-corrected chi connectivity index (χ1v) is 12.6. The van der Waals surface area contributed by atoms with Crippen molar-refractivity contribution in [3.8, 4) is 5.75 Å². The second kappa shape index (κ2) is 8.81. The number of para-hydroxylation sites is 1. The smallest absolute Gasteiger partial charge is 0.288 e. The SMILES string of the molecule is C[C@@H](Oc1ccccc1)C(=O)N=C1S[C@H]2CS(=O)(=O)C[C@@H]2N1CCc1ccccc1. The topological polar surface area (TPSA) is 76.0 Å². The lowest BCUT2D eigenvalue weighted by Gasteiger charge is -2.24. The highest BCUT2D eigenvalue weighted by Crippen LogP contribution is 2.38. The molecule has 6 nitrogen and oxygen atoms in total. The first kappa shape index (κ1) is 20.9. The molecule has 2 aliphatic rings. The van der Waals surface area contributed by atoms with E-state index in [-0.39, 0.29) is 28.7 Å². The Balaban J connectivity index is 1.50. The monoisotopic (exact) mass is 444 g/mol. The largest absolute Gasteiger partial charge is 0.481 e. The molecule has 1 amide bonds. The Morgan fingerprint density at radius 3 is 2.50 bits per heavy atom. The molecule has 2 saturated heterocycles. The lowest BCUT2D eigenvalue weighted by molar-refractivity contribution is -0.123. The van der Waals surface area contributed by atoms with Crippen LogP contribution in [0.15, 0.2) is 65.7 Å². The predicted octanol–water partition coefficient (Wildman–Crippen LogP) is 2.79. The van der Waals surface area contributed by atoms with Crippen LogP contribution in [0.5, 0.6) is 5.75 Å². The third-order valence-corrected chi connectivity index (χ3v) is 8.52. The number of carbonyl (C=O) groups excluding carboxylic acids is 1. The van der Waals surface area contributed by atoms with Gasteiger partial charge in [-0.3, -0.25) is 4.79 Å². The molecule has 0 aromatic heterocycles. The number of carbonyl (C=O) groups is 1. The van der Waals surface area contributed by atoms with Gasteiger partial charge in [0.1, 0.15) is 5.75 Å². The molecule has 2 heterocycles. The fourth-order valence-electron chi connectivity index (χ4n) is 3.73. The average Bonchev–Trinajstić information content (AvgIpc) is 3.18. The van der Waals surface area contributed by atoms with E-state index in [9.17, 15) is 13.2 Å². The van der Waals surface area contributed by atoms with Crippen molar-refractivity contribution in [2.75, 3.05) is 18.1 Å². The molecule has 2 aliphatic heterocycles. The molecule has 4 rings (SSSR count). The van der Waals surface area contributed by atoms with Gasteiger partial charge in [0.15, 0.2) is 21.1 Å². The molecule has 2 fully saturated rings. The van der Waals surface area contributed by atoms with Crippen LogP contribution >= 0.6 is 11.8 Å². The van der Waals surface area contributed by atoms with E-state index in [2.05, 4.69) is 4.99 Å². The molecule has 0 N–H and O–H groups in total. The van der Waals surface area contributed by atoms with Crippen molar-refractivity contribution in [3.63, 3.8) is 0 Å². The molecular weight excluding hydrogens is 420 g/mol. The van der Waals surface area contributed by atoms with Gasteiger partial charge >= 0.3 is 0 Å². The molecule has 8 heteroatoms. The summed E-state index contributed by atoms with van der Waals surface area (Å²) in [6.07, 6.45) is 0.0363. The minimum atomic E-state index is -3.06. The van der Waals surface area contributed by atoms with Crippen molar-refractivity contribution < 1.29 is 17.9 Å². The molecule has 0 bridgehead atoms. The minimum Gasteiger partial charge on any atom is -0.481 e. The van der Waals surface area contributed by atoms with E-state index in [0.717, 1.165) is 6.42 Å². The highest BCUT2D eigenvalue weighted by Gasteiger charge is 2.48.